The Morgan fingerprint density at radius 3 is 2.40 bits per heavy atom. The van der Waals surface area contributed by atoms with Crippen LogP contribution in [0.3, 0.4) is 0 Å². The summed E-state index contributed by atoms with van der Waals surface area (Å²) in [6.07, 6.45) is 0.282. The Labute approximate surface area is 63.6 Å². The van der Waals surface area contributed by atoms with Gasteiger partial charge in [0, 0.05) is 0 Å². The normalized spacial score (nSPS) is 30.3. The molecule has 58 valence electrons. The summed E-state index contributed by atoms with van der Waals surface area (Å²) in [7, 11) is -3.20. The van der Waals surface area contributed by atoms with Gasteiger partial charge >= 0.3 is 0 Å². The summed E-state index contributed by atoms with van der Waals surface area (Å²) in [5.74, 6) is -0.00384. The van der Waals surface area contributed by atoms with Crippen LogP contribution in [0.5, 0.6) is 0 Å². The number of nitrogens with one attached hydrogen (secondary N) is 1. The summed E-state index contributed by atoms with van der Waals surface area (Å²) in [5, 5.41) is -0.638. The van der Waals surface area contributed by atoms with Crippen LogP contribution in [0.1, 0.15) is 6.42 Å². The molecule has 1 heterocycles. The second-order valence-electron chi connectivity index (χ2n) is 2.08. The van der Waals surface area contributed by atoms with Crippen LogP contribution in [-0.4, -0.2) is 25.5 Å². The number of hydrogen-bond donors (Lipinski definition) is 1. The first-order valence-electron chi connectivity index (χ1n) is 2.70. The van der Waals surface area contributed by atoms with Crippen LogP contribution in [0, 0.1) is 0 Å². The quantitative estimate of drug-likeness (QED) is 0.555. The molecule has 0 spiro atoms. The van der Waals surface area contributed by atoms with Gasteiger partial charge in [-0.1, -0.05) is 0 Å². The van der Waals surface area contributed by atoms with Gasteiger partial charge < -0.3 is 0 Å². The van der Waals surface area contributed by atoms with E-state index in [0.717, 1.165) is 0 Å². The predicted molar refractivity (Wildman–Crippen MR) is 36.2 cm³/mol. The van der Waals surface area contributed by atoms with Crippen LogP contribution >= 0.6 is 11.6 Å². The van der Waals surface area contributed by atoms with Crippen LogP contribution < -0.4 is 4.72 Å². The molecule has 0 radical (unpaired) electrons. The number of carbonyl (C=O) groups is 1. The van der Waals surface area contributed by atoms with E-state index in [2.05, 4.69) is 4.72 Å². The molecule has 1 fully saturated rings. The van der Waals surface area contributed by atoms with E-state index in [9.17, 15) is 13.2 Å². The van der Waals surface area contributed by atoms with Crippen LogP contribution in [-0.2, 0) is 14.8 Å². The number of rotatable bonds is 1. The van der Waals surface area contributed by atoms with E-state index >= 15 is 0 Å². The lowest BCUT2D eigenvalue weighted by Gasteiger charge is -1.98. The summed E-state index contributed by atoms with van der Waals surface area (Å²) in [4.78, 5) is 10.4. The molecule has 1 N–H and O–H groups in total. The molecule has 4 nitrogen and oxygen atoms in total. The highest BCUT2D eigenvalue weighted by molar-refractivity contribution is 7.89. The van der Waals surface area contributed by atoms with Crippen LogP contribution in [0.15, 0.2) is 0 Å². The molecule has 0 aromatic rings. The topological polar surface area (TPSA) is 63.2 Å². The molecule has 1 rings (SSSR count). The molecule has 6 heteroatoms. The van der Waals surface area contributed by atoms with Crippen LogP contribution in [0.2, 0.25) is 0 Å². The molecule has 0 saturated carbocycles. The molecule has 0 aliphatic carbocycles. The van der Waals surface area contributed by atoms with Gasteiger partial charge in [-0.3, -0.25) is 4.79 Å². The third-order valence-electron chi connectivity index (χ3n) is 1.27. The highest BCUT2D eigenvalue weighted by Crippen LogP contribution is 2.09. The summed E-state index contributed by atoms with van der Waals surface area (Å²) >= 11 is 5.05. The van der Waals surface area contributed by atoms with Gasteiger partial charge in [-0.25, -0.2) is 13.1 Å². The maximum absolute atomic E-state index is 10.6. The SMILES string of the molecule is O=C(Cl)[C@@H]1CCS(=O)(=O)N1. The number of carbonyl (C=O) groups excluding carboxylic acids is 1. The summed E-state index contributed by atoms with van der Waals surface area (Å²) in [5.41, 5.74) is 0. The Morgan fingerprint density at radius 2 is 2.20 bits per heavy atom. The third-order valence-corrected chi connectivity index (χ3v) is 2.95. The second kappa shape index (κ2) is 2.48. The maximum Gasteiger partial charge on any atom is 0.239 e. The van der Waals surface area contributed by atoms with Crippen molar-refractivity contribution in [3.8, 4) is 0 Å². The summed E-state index contributed by atoms with van der Waals surface area (Å²) in [6, 6.07) is -0.702. The Kier molecular flexibility index (Phi) is 1.98. The molecule has 1 aliphatic heterocycles. The van der Waals surface area contributed by atoms with Gasteiger partial charge in [-0.15, -0.1) is 0 Å². The fourth-order valence-corrected chi connectivity index (χ4v) is 2.32. The van der Waals surface area contributed by atoms with Gasteiger partial charge in [0.1, 0.15) is 0 Å². The minimum Gasteiger partial charge on any atom is -0.279 e. The van der Waals surface area contributed by atoms with E-state index in [1.54, 1.807) is 0 Å². The van der Waals surface area contributed by atoms with Crippen molar-refractivity contribution in [2.75, 3.05) is 5.75 Å². The molecule has 1 aliphatic rings. The van der Waals surface area contributed by atoms with Gasteiger partial charge in [-0.2, -0.15) is 0 Å². The molecule has 1 atom stereocenters. The second-order valence-corrected chi connectivity index (χ2v) is 4.33. The number of sulfonamides is 1. The first-order chi connectivity index (χ1) is 4.51. The lowest BCUT2D eigenvalue weighted by Crippen LogP contribution is -2.30. The van der Waals surface area contributed by atoms with E-state index in [0.29, 0.717) is 0 Å². The maximum atomic E-state index is 10.6. The fourth-order valence-electron chi connectivity index (χ4n) is 0.767. The highest BCUT2D eigenvalue weighted by Gasteiger charge is 2.30. The molecule has 0 amide bonds. The zero-order chi connectivity index (χ0) is 7.78. The van der Waals surface area contributed by atoms with E-state index in [1.165, 1.54) is 0 Å². The van der Waals surface area contributed by atoms with Gasteiger partial charge in [0.15, 0.2) is 0 Å². The lowest BCUT2D eigenvalue weighted by atomic mass is 10.3. The van der Waals surface area contributed by atoms with Gasteiger partial charge in [0.05, 0.1) is 11.8 Å². The average molecular weight is 184 g/mol. The van der Waals surface area contributed by atoms with E-state index in [1.807, 2.05) is 0 Å². The Bertz CT molecular complexity index is 247. The number of hydrogen-bond acceptors (Lipinski definition) is 3. The molecule has 0 aromatic carbocycles. The minimum atomic E-state index is -3.20. The molecule has 0 unspecified atom stereocenters. The molecular formula is C4H6ClNO3S. The molecular weight excluding hydrogens is 178 g/mol. The number of halogens is 1. The zero-order valence-corrected chi connectivity index (χ0v) is 6.57. The average Bonchev–Trinajstić information content (AvgIpc) is 2.10. The van der Waals surface area contributed by atoms with Crippen molar-refractivity contribution in [1.82, 2.24) is 4.72 Å². The van der Waals surface area contributed by atoms with Crippen molar-refractivity contribution >= 4 is 26.9 Å². The predicted octanol–water partition coefficient (Wildman–Crippen LogP) is -0.556. The first-order valence-corrected chi connectivity index (χ1v) is 4.74. The monoisotopic (exact) mass is 183 g/mol. The first kappa shape index (κ1) is 7.97. The highest BCUT2D eigenvalue weighted by atomic mass is 35.5. The summed E-state index contributed by atoms with van der Waals surface area (Å²) in [6.45, 7) is 0. The largest absolute Gasteiger partial charge is 0.279 e. The van der Waals surface area contributed by atoms with E-state index in [4.69, 9.17) is 11.6 Å². The molecule has 1 saturated heterocycles. The van der Waals surface area contributed by atoms with Crippen molar-refractivity contribution < 1.29 is 13.2 Å². The standard InChI is InChI=1S/C4H6ClNO3S/c5-4(7)3-1-2-10(8,9)6-3/h3,6H,1-2H2/t3-/m0/s1. The van der Waals surface area contributed by atoms with Crippen LogP contribution in [0.25, 0.3) is 0 Å². The molecule has 10 heavy (non-hydrogen) atoms. The van der Waals surface area contributed by atoms with Crippen molar-refractivity contribution in [3.05, 3.63) is 0 Å². The van der Waals surface area contributed by atoms with Crippen molar-refractivity contribution in [2.45, 2.75) is 12.5 Å². The zero-order valence-electron chi connectivity index (χ0n) is 5.00. The Hall–Kier alpha value is -0.130. The van der Waals surface area contributed by atoms with Crippen LogP contribution in [0.4, 0.5) is 0 Å². The van der Waals surface area contributed by atoms with Gasteiger partial charge in [-0.05, 0) is 18.0 Å². The van der Waals surface area contributed by atoms with Crippen molar-refractivity contribution in [2.24, 2.45) is 0 Å². The smallest absolute Gasteiger partial charge is 0.239 e. The van der Waals surface area contributed by atoms with Gasteiger partial charge in [0.2, 0.25) is 15.3 Å². The third kappa shape index (κ3) is 1.68. The van der Waals surface area contributed by atoms with E-state index in [-0.39, 0.29) is 12.2 Å². The van der Waals surface area contributed by atoms with E-state index < -0.39 is 21.3 Å². The van der Waals surface area contributed by atoms with Gasteiger partial charge in [0.25, 0.3) is 0 Å². The summed E-state index contributed by atoms with van der Waals surface area (Å²) < 4.78 is 23.4. The fraction of sp³-hybridized carbons (Fsp3) is 0.750. The Morgan fingerprint density at radius 1 is 1.60 bits per heavy atom. The molecule has 0 aromatic heterocycles. The van der Waals surface area contributed by atoms with Crippen molar-refractivity contribution in [1.29, 1.82) is 0 Å². The Balaban J connectivity index is 2.69. The lowest BCUT2D eigenvalue weighted by molar-refractivity contribution is -0.113. The minimum absolute atomic E-state index is 0.00384. The van der Waals surface area contributed by atoms with Crippen molar-refractivity contribution in [3.63, 3.8) is 0 Å². The molecule has 0 bridgehead atoms.